The van der Waals surface area contributed by atoms with Gasteiger partial charge in [0.25, 0.3) is 0 Å². The highest BCUT2D eigenvalue weighted by Crippen LogP contribution is 2.35. The number of rotatable bonds is 6. The van der Waals surface area contributed by atoms with E-state index in [1.807, 2.05) is 38.1 Å². The molecule has 19 heavy (non-hydrogen) atoms. The third kappa shape index (κ3) is 3.98. The summed E-state index contributed by atoms with van der Waals surface area (Å²) >= 11 is 0. The number of carbonyl (C=O) groups excluding carboxylic acids is 1. The molecule has 1 unspecified atom stereocenters. The molecule has 3 nitrogen and oxygen atoms in total. The second-order valence-corrected chi connectivity index (χ2v) is 5.53. The minimum Gasteiger partial charge on any atom is -0.459 e. The maximum absolute atomic E-state index is 11.7. The molecule has 1 aliphatic carbocycles. The van der Waals surface area contributed by atoms with Gasteiger partial charge in [-0.15, -0.1) is 0 Å². The lowest BCUT2D eigenvalue weighted by Gasteiger charge is -2.17. The van der Waals surface area contributed by atoms with E-state index in [1.165, 1.54) is 12.8 Å². The van der Waals surface area contributed by atoms with E-state index in [-0.39, 0.29) is 12.1 Å². The van der Waals surface area contributed by atoms with Gasteiger partial charge in [0.15, 0.2) is 0 Å². The van der Waals surface area contributed by atoms with Crippen LogP contribution >= 0.6 is 0 Å². The van der Waals surface area contributed by atoms with Crippen molar-refractivity contribution in [2.75, 3.05) is 5.32 Å². The van der Waals surface area contributed by atoms with Crippen molar-refractivity contribution in [1.82, 2.24) is 0 Å². The first-order valence-electron chi connectivity index (χ1n) is 7.17. The Morgan fingerprint density at radius 3 is 2.42 bits per heavy atom. The highest BCUT2D eigenvalue weighted by Gasteiger charge is 2.29. The van der Waals surface area contributed by atoms with Gasteiger partial charge < -0.3 is 10.1 Å². The van der Waals surface area contributed by atoms with Crippen LogP contribution in [0, 0.1) is 5.92 Å². The van der Waals surface area contributed by atoms with Gasteiger partial charge in [0.05, 0.1) is 11.7 Å². The average molecular weight is 261 g/mol. The van der Waals surface area contributed by atoms with Crippen LogP contribution in [0.1, 0.15) is 50.4 Å². The van der Waals surface area contributed by atoms with Crippen molar-refractivity contribution in [2.24, 2.45) is 5.92 Å². The van der Waals surface area contributed by atoms with E-state index in [9.17, 15) is 4.79 Å². The van der Waals surface area contributed by atoms with Crippen molar-refractivity contribution in [3.8, 4) is 0 Å². The molecule has 2 rings (SSSR count). The predicted octanol–water partition coefficient (Wildman–Crippen LogP) is 3.85. The largest absolute Gasteiger partial charge is 0.459 e. The minimum atomic E-state index is -0.254. The second-order valence-electron chi connectivity index (χ2n) is 5.53. The lowest BCUT2D eigenvalue weighted by molar-refractivity contribution is 0.0378. The Kier molecular flexibility index (Phi) is 4.46. The van der Waals surface area contributed by atoms with Crippen LogP contribution < -0.4 is 5.32 Å². The Morgan fingerprint density at radius 1 is 1.32 bits per heavy atom. The summed E-state index contributed by atoms with van der Waals surface area (Å²) in [6.07, 6.45) is 3.74. The topological polar surface area (TPSA) is 38.3 Å². The van der Waals surface area contributed by atoms with Crippen molar-refractivity contribution in [3.05, 3.63) is 29.8 Å². The second kappa shape index (κ2) is 6.09. The van der Waals surface area contributed by atoms with Gasteiger partial charge in [-0.2, -0.15) is 0 Å². The minimum absolute atomic E-state index is 0.0790. The summed E-state index contributed by atoms with van der Waals surface area (Å²) < 4.78 is 5.17. The number of nitrogens with one attached hydrogen (secondary N) is 1. The predicted molar refractivity (Wildman–Crippen MR) is 77.4 cm³/mol. The summed E-state index contributed by atoms with van der Waals surface area (Å²) in [5, 5.41) is 3.55. The number of carbonyl (C=O) groups is 1. The van der Waals surface area contributed by atoms with Gasteiger partial charge in [-0.05, 0) is 63.3 Å². The van der Waals surface area contributed by atoms with Crippen molar-refractivity contribution >= 4 is 11.7 Å². The van der Waals surface area contributed by atoms with Gasteiger partial charge >= 0.3 is 5.97 Å². The summed E-state index contributed by atoms with van der Waals surface area (Å²) in [5.74, 6) is 0.575. The van der Waals surface area contributed by atoms with Crippen molar-refractivity contribution in [3.63, 3.8) is 0 Å². The number of hydrogen-bond donors (Lipinski definition) is 1. The van der Waals surface area contributed by atoms with Crippen LogP contribution in [-0.2, 0) is 4.74 Å². The van der Waals surface area contributed by atoms with Crippen LogP contribution in [0.4, 0.5) is 5.69 Å². The van der Waals surface area contributed by atoms with Gasteiger partial charge in [0.1, 0.15) is 0 Å². The lowest BCUT2D eigenvalue weighted by atomic mass is 10.1. The molecule has 1 aromatic rings. The molecule has 0 bridgehead atoms. The fourth-order valence-corrected chi connectivity index (χ4v) is 2.25. The van der Waals surface area contributed by atoms with Crippen molar-refractivity contribution < 1.29 is 9.53 Å². The molecule has 1 fully saturated rings. The first kappa shape index (κ1) is 13.9. The number of ether oxygens (including phenoxy) is 1. The molecule has 0 heterocycles. The maximum Gasteiger partial charge on any atom is 0.338 e. The van der Waals surface area contributed by atoms with E-state index < -0.39 is 0 Å². The van der Waals surface area contributed by atoms with Gasteiger partial charge in [-0.1, -0.05) is 6.92 Å². The fourth-order valence-electron chi connectivity index (χ4n) is 2.25. The lowest BCUT2D eigenvalue weighted by Crippen LogP contribution is -2.20. The standard InChI is InChI=1S/C16H23NO2/c1-4-15(12-5-6-12)17-14-9-7-13(8-10-14)16(18)19-11(2)3/h7-12,15,17H,4-6H2,1-3H3. The van der Waals surface area contributed by atoms with Gasteiger partial charge in [-0.25, -0.2) is 4.79 Å². The molecule has 0 spiro atoms. The molecular formula is C16H23NO2. The van der Waals surface area contributed by atoms with Crippen molar-refractivity contribution in [2.45, 2.75) is 52.2 Å². The summed E-state index contributed by atoms with van der Waals surface area (Å²) in [7, 11) is 0. The number of esters is 1. The molecule has 1 N–H and O–H groups in total. The Balaban J connectivity index is 1.95. The molecule has 3 heteroatoms. The Morgan fingerprint density at radius 2 is 1.95 bits per heavy atom. The van der Waals surface area contributed by atoms with E-state index >= 15 is 0 Å². The van der Waals surface area contributed by atoms with Crippen molar-refractivity contribution in [1.29, 1.82) is 0 Å². The van der Waals surface area contributed by atoms with Crippen LogP contribution in [-0.4, -0.2) is 18.1 Å². The van der Waals surface area contributed by atoms with Crippen LogP contribution in [0.3, 0.4) is 0 Å². The summed E-state index contributed by atoms with van der Waals surface area (Å²) in [6, 6.07) is 8.14. The van der Waals surface area contributed by atoms with Crippen LogP contribution in [0.2, 0.25) is 0 Å². The molecule has 0 aliphatic heterocycles. The zero-order valence-electron chi connectivity index (χ0n) is 12.0. The number of hydrogen-bond acceptors (Lipinski definition) is 3. The summed E-state index contributed by atoms with van der Waals surface area (Å²) in [5.41, 5.74) is 1.69. The number of benzene rings is 1. The highest BCUT2D eigenvalue weighted by atomic mass is 16.5. The van der Waals surface area contributed by atoms with E-state index in [1.54, 1.807) is 0 Å². The molecule has 0 aromatic heterocycles. The van der Waals surface area contributed by atoms with E-state index in [2.05, 4.69) is 12.2 Å². The van der Waals surface area contributed by atoms with Crippen LogP contribution in [0.5, 0.6) is 0 Å². The zero-order valence-corrected chi connectivity index (χ0v) is 12.0. The van der Waals surface area contributed by atoms with Gasteiger partial charge in [0, 0.05) is 11.7 Å². The molecule has 0 amide bonds. The molecule has 0 saturated heterocycles. The van der Waals surface area contributed by atoms with Gasteiger partial charge in [0.2, 0.25) is 0 Å². The zero-order chi connectivity index (χ0) is 13.8. The van der Waals surface area contributed by atoms with E-state index in [0.717, 1.165) is 18.0 Å². The number of anilines is 1. The molecule has 1 atom stereocenters. The quantitative estimate of drug-likeness (QED) is 0.790. The van der Waals surface area contributed by atoms with E-state index in [4.69, 9.17) is 4.74 Å². The molecule has 1 aromatic carbocycles. The first-order chi connectivity index (χ1) is 9.10. The molecule has 104 valence electrons. The monoisotopic (exact) mass is 261 g/mol. The third-order valence-corrected chi connectivity index (χ3v) is 3.45. The maximum atomic E-state index is 11.7. The summed E-state index contributed by atoms with van der Waals surface area (Å²) in [4.78, 5) is 11.7. The van der Waals surface area contributed by atoms with Crippen LogP contribution in [0.15, 0.2) is 24.3 Å². The third-order valence-electron chi connectivity index (χ3n) is 3.45. The average Bonchev–Trinajstić information content (AvgIpc) is 3.20. The Labute approximate surface area is 115 Å². The van der Waals surface area contributed by atoms with Crippen LogP contribution in [0.25, 0.3) is 0 Å². The first-order valence-corrected chi connectivity index (χ1v) is 7.17. The smallest absolute Gasteiger partial charge is 0.338 e. The summed E-state index contributed by atoms with van der Waals surface area (Å²) in [6.45, 7) is 5.93. The highest BCUT2D eigenvalue weighted by molar-refractivity contribution is 5.89. The normalized spacial score (nSPS) is 16.2. The van der Waals surface area contributed by atoms with E-state index in [0.29, 0.717) is 11.6 Å². The molecule has 1 aliphatic rings. The fraction of sp³-hybridized carbons (Fsp3) is 0.562. The molecule has 0 radical (unpaired) electrons. The van der Waals surface area contributed by atoms with Gasteiger partial charge in [-0.3, -0.25) is 0 Å². The Hall–Kier alpha value is -1.51. The molecular weight excluding hydrogens is 238 g/mol. The molecule has 1 saturated carbocycles. The SMILES string of the molecule is CCC(Nc1ccc(C(=O)OC(C)C)cc1)C1CC1. The Bertz CT molecular complexity index is 421.